The monoisotopic (exact) mass is 192 g/mol. The van der Waals surface area contributed by atoms with Crippen LogP contribution in [-0.2, 0) is 4.79 Å². The first-order valence-corrected chi connectivity index (χ1v) is 4.52. The summed E-state index contributed by atoms with van der Waals surface area (Å²) >= 11 is 0. The molecule has 1 amide bonds. The minimum atomic E-state index is -0.262. The highest BCUT2D eigenvalue weighted by Crippen LogP contribution is 2.30. The first-order valence-electron chi connectivity index (χ1n) is 4.52. The van der Waals surface area contributed by atoms with Crippen LogP contribution in [0.1, 0.15) is 6.42 Å². The van der Waals surface area contributed by atoms with Gasteiger partial charge in [0.15, 0.2) is 0 Å². The second kappa shape index (κ2) is 3.31. The van der Waals surface area contributed by atoms with Gasteiger partial charge in [0.05, 0.1) is 11.4 Å². The minimum absolute atomic E-state index is 0.262. The lowest BCUT2D eigenvalue weighted by molar-refractivity contribution is -0.123. The van der Waals surface area contributed by atoms with Crippen LogP contribution in [0.3, 0.4) is 0 Å². The highest BCUT2D eigenvalue weighted by atomic mass is 16.5. The van der Waals surface area contributed by atoms with Crippen molar-refractivity contribution in [2.24, 2.45) is 0 Å². The molecular formula is C10H12N2O2. The molecule has 0 bridgehead atoms. The molecule has 0 aromatic heterocycles. The fraction of sp³-hybridized carbons (Fsp3) is 0.300. The SMILES string of the molecule is CN1CCC(=O)N(O)c2ccccc21. The first kappa shape index (κ1) is 9.02. The van der Waals surface area contributed by atoms with Gasteiger partial charge in [0.1, 0.15) is 0 Å². The smallest absolute Gasteiger partial charge is 0.252 e. The van der Waals surface area contributed by atoms with E-state index in [9.17, 15) is 10.0 Å². The fourth-order valence-corrected chi connectivity index (χ4v) is 1.59. The van der Waals surface area contributed by atoms with Crippen molar-refractivity contribution in [1.82, 2.24) is 0 Å². The number of para-hydroxylation sites is 2. The number of carbonyl (C=O) groups is 1. The van der Waals surface area contributed by atoms with Gasteiger partial charge in [-0.25, -0.2) is 0 Å². The molecule has 0 atom stereocenters. The second-order valence-corrected chi connectivity index (χ2v) is 3.37. The number of amides is 1. The van der Waals surface area contributed by atoms with Crippen LogP contribution in [0, 0.1) is 0 Å². The van der Waals surface area contributed by atoms with Crippen LogP contribution in [0.25, 0.3) is 0 Å². The molecule has 0 saturated carbocycles. The molecule has 14 heavy (non-hydrogen) atoms. The Morgan fingerprint density at radius 3 is 2.64 bits per heavy atom. The van der Waals surface area contributed by atoms with Crippen LogP contribution < -0.4 is 9.96 Å². The van der Waals surface area contributed by atoms with Crippen LogP contribution in [0.2, 0.25) is 0 Å². The lowest BCUT2D eigenvalue weighted by Gasteiger charge is -2.19. The fourth-order valence-electron chi connectivity index (χ4n) is 1.59. The van der Waals surface area contributed by atoms with E-state index in [1.54, 1.807) is 12.1 Å². The highest BCUT2D eigenvalue weighted by molar-refractivity contribution is 5.96. The largest absolute Gasteiger partial charge is 0.372 e. The Balaban J connectivity index is 2.51. The van der Waals surface area contributed by atoms with Gasteiger partial charge in [0.2, 0.25) is 0 Å². The van der Waals surface area contributed by atoms with E-state index in [1.807, 2.05) is 24.1 Å². The molecule has 0 unspecified atom stereocenters. The van der Waals surface area contributed by atoms with Crippen molar-refractivity contribution in [2.75, 3.05) is 23.6 Å². The van der Waals surface area contributed by atoms with Crippen molar-refractivity contribution in [3.63, 3.8) is 0 Å². The maximum Gasteiger partial charge on any atom is 0.252 e. The van der Waals surface area contributed by atoms with Crippen molar-refractivity contribution >= 4 is 17.3 Å². The lowest BCUT2D eigenvalue weighted by Crippen LogP contribution is -2.26. The van der Waals surface area contributed by atoms with Crippen molar-refractivity contribution in [3.8, 4) is 0 Å². The van der Waals surface area contributed by atoms with Gasteiger partial charge < -0.3 is 4.90 Å². The van der Waals surface area contributed by atoms with E-state index in [2.05, 4.69) is 0 Å². The molecular weight excluding hydrogens is 180 g/mol. The highest BCUT2D eigenvalue weighted by Gasteiger charge is 2.22. The molecule has 0 radical (unpaired) electrons. The quantitative estimate of drug-likeness (QED) is 0.629. The Hall–Kier alpha value is -1.55. The number of anilines is 2. The van der Waals surface area contributed by atoms with Crippen LogP contribution in [0.4, 0.5) is 11.4 Å². The molecule has 1 N–H and O–H groups in total. The molecule has 74 valence electrons. The van der Waals surface area contributed by atoms with Crippen molar-refractivity contribution in [2.45, 2.75) is 6.42 Å². The van der Waals surface area contributed by atoms with E-state index in [4.69, 9.17) is 0 Å². The molecule has 0 spiro atoms. The topological polar surface area (TPSA) is 43.8 Å². The summed E-state index contributed by atoms with van der Waals surface area (Å²) in [6, 6.07) is 7.31. The number of hydrogen-bond acceptors (Lipinski definition) is 3. The third-order valence-corrected chi connectivity index (χ3v) is 2.42. The number of rotatable bonds is 0. The molecule has 1 aliphatic heterocycles. The standard InChI is InChI=1S/C10H12N2O2/c1-11-7-6-10(13)12(14)9-5-3-2-4-8(9)11/h2-5,14H,6-7H2,1H3. The number of hydrogen-bond donors (Lipinski definition) is 1. The summed E-state index contributed by atoms with van der Waals surface area (Å²) in [5, 5.41) is 10.3. The number of fused-ring (bicyclic) bond motifs is 1. The van der Waals surface area contributed by atoms with Crippen LogP contribution in [0.5, 0.6) is 0 Å². The molecule has 1 aromatic rings. The number of benzene rings is 1. The normalized spacial score (nSPS) is 16.6. The Morgan fingerprint density at radius 2 is 1.93 bits per heavy atom. The van der Waals surface area contributed by atoms with E-state index in [0.717, 1.165) is 10.8 Å². The Morgan fingerprint density at radius 1 is 1.29 bits per heavy atom. The van der Waals surface area contributed by atoms with E-state index < -0.39 is 0 Å². The summed E-state index contributed by atoms with van der Waals surface area (Å²) < 4.78 is 0. The Bertz CT molecular complexity index is 365. The van der Waals surface area contributed by atoms with Gasteiger partial charge in [-0.2, -0.15) is 5.06 Å². The van der Waals surface area contributed by atoms with Gasteiger partial charge in [-0.3, -0.25) is 10.0 Å². The summed E-state index contributed by atoms with van der Waals surface area (Å²) in [7, 11) is 1.91. The average molecular weight is 192 g/mol. The third-order valence-electron chi connectivity index (χ3n) is 2.42. The van der Waals surface area contributed by atoms with E-state index >= 15 is 0 Å². The van der Waals surface area contributed by atoms with Crippen LogP contribution in [0.15, 0.2) is 24.3 Å². The Kier molecular flexibility index (Phi) is 2.13. The van der Waals surface area contributed by atoms with Crippen molar-refractivity contribution in [1.29, 1.82) is 0 Å². The van der Waals surface area contributed by atoms with E-state index in [1.165, 1.54) is 0 Å². The molecule has 0 aliphatic carbocycles. The molecule has 4 heteroatoms. The summed E-state index contributed by atoms with van der Waals surface area (Å²) in [6.07, 6.45) is 0.335. The maximum atomic E-state index is 11.4. The average Bonchev–Trinajstić information content (AvgIpc) is 2.33. The van der Waals surface area contributed by atoms with Crippen molar-refractivity contribution < 1.29 is 10.0 Å². The third kappa shape index (κ3) is 1.33. The zero-order chi connectivity index (χ0) is 10.1. The predicted molar refractivity (Wildman–Crippen MR) is 53.6 cm³/mol. The van der Waals surface area contributed by atoms with E-state index in [0.29, 0.717) is 18.7 Å². The van der Waals surface area contributed by atoms with Crippen LogP contribution >= 0.6 is 0 Å². The zero-order valence-electron chi connectivity index (χ0n) is 7.97. The molecule has 2 rings (SSSR count). The first-order chi connectivity index (χ1) is 6.70. The maximum absolute atomic E-state index is 11.4. The van der Waals surface area contributed by atoms with Gasteiger partial charge in [-0.1, -0.05) is 12.1 Å². The van der Waals surface area contributed by atoms with Crippen LogP contribution in [-0.4, -0.2) is 24.7 Å². The molecule has 1 heterocycles. The lowest BCUT2D eigenvalue weighted by atomic mass is 10.2. The number of hydroxylamine groups is 1. The molecule has 1 aliphatic rings. The van der Waals surface area contributed by atoms with Crippen molar-refractivity contribution in [3.05, 3.63) is 24.3 Å². The molecule has 1 aromatic carbocycles. The van der Waals surface area contributed by atoms with Gasteiger partial charge in [0.25, 0.3) is 5.91 Å². The molecule has 4 nitrogen and oxygen atoms in total. The van der Waals surface area contributed by atoms with Gasteiger partial charge in [-0.05, 0) is 12.1 Å². The number of carbonyl (C=O) groups excluding carboxylic acids is 1. The number of nitrogens with zero attached hydrogens (tertiary/aromatic N) is 2. The van der Waals surface area contributed by atoms with E-state index in [-0.39, 0.29) is 5.91 Å². The minimum Gasteiger partial charge on any atom is -0.372 e. The second-order valence-electron chi connectivity index (χ2n) is 3.37. The summed E-state index contributed by atoms with van der Waals surface area (Å²) in [4.78, 5) is 13.3. The predicted octanol–water partition coefficient (Wildman–Crippen LogP) is 1.25. The van der Waals surface area contributed by atoms with Gasteiger partial charge in [-0.15, -0.1) is 0 Å². The molecule has 0 saturated heterocycles. The summed E-state index contributed by atoms with van der Waals surface area (Å²) in [5.41, 5.74) is 1.43. The Labute approximate surface area is 82.3 Å². The summed E-state index contributed by atoms with van der Waals surface area (Å²) in [5.74, 6) is -0.262. The molecule has 0 fully saturated rings. The zero-order valence-corrected chi connectivity index (χ0v) is 7.97. The van der Waals surface area contributed by atoms with Gasteiger partial charge >= 0.3 is 0 Å². The summed E-state index contributed by atoms with van der Waals surface area (Å²) in [6.45, 7) is 0.632. The van der Waals surface area contributed by atoms with Gasteiger partial charge in [0, 0.05) is 20.0 Å².